The number of amidine groups is 1. The summed E-state index contributed by atoms with van der Waals surface area (Å²) < 4.78 is 4.93. The van der Waals surface area contributed by atoms with Crippen molar-refractivity contribution in [1.29, 1.82) is 5.41 Å². The predicted octanol–water partition coefficient (Wildman–Crippen LogP) is 1.72. The fourth-order valence-electron chi connectivity index (χ4n) is 2.06. The number of aromatic nitrogens is 2. The molecule has 0 spiro atoms. The van der Waals surface area contributed by atoms with Crippen LogP contribution in [0.2, 0.25) is 0 Å². The first kappa shape index (κ1) is 10.0. The van der Waals surface area contributed by atoms with Crippen LogP contribution in [0.4, 0.5) is 0 Å². The molecule has 0 amide bonds. The molecule has 1 aromatic heterocycles. The minimum Gasteiger partial charge on any atom is -0.345 e. The third-order valence-corrected chi connectivity index (χ3v) is 2.85. The average Bonchev–Trinajstić information content (AvgIpc) is 2.86. The number of benzene rings is 1. The zero-order chi connectivity index (χ0) is 11.8. The summed E-state index contributed by atoms with van der Waals surface area (Å²) in [6.45, 7) is 3.02. The summed E-state index contributed by atoms with van der Waals surface area (Å²) >= 11 is 0. The summed E-state index contributed by atoms with van der Waals surface area (Å²) in [5, 5.41) is 11.9. The summed E-state index contributed by atoms with van der Waals surface area (Å²) in [5.41, 5.74) is 2.17. The van der Waals surface area contributed by atoms with Crippen molar-refractivity contribution in [2.75, 3.05) is 0 Å². The zero-order valence-corrected chi connectivity index (χ0v) is 9.47. The molecule has 3 rings (SSSR count). The van der Waals surface area contributed by atoms with Crippen molar-refractivity contribution >= 4 is 5.84 Å². The van der Waals surface area contributed by atoms with Crippen LogP contribution in [-0.2, 0) is 13.1 Å². The maximum atomic E-state index is 8.08. The number of nitrogens with one attached hydrogen (secondary N) is 1. The van der Waals surface area contributed by atoms with E-state index in [9.17, 15) is 0 Å². The van der Waals surface area contributed by atoms with Gasteiger partial charge in [-0.05, 0) is 5.56 Å². The van der Waals surface area contributed by atoms with E-state index in [1.807, 2.05) is 29.2 Å². The van der Waals surface area contributed by atoms with Crippen LogP contribution in [0.3, 0.4) is 0 Å². The second-order valence-electron chi connectivity index (χ2n) is 4.09. The van der Waals surface area contributed by atoms with E-state index in [1.165, 1.54) is 5.56 Å². The average molecular weight is 228 g/mol. The van der Waals surface area contributed by atoms with Gasteiger partial charge in [-0.1, -0.05) is 29.4 Å². The quantitative estimate of drug-likeness (QED) is 0.849. The summed E-state index contributed by atoms with van der Waals surface area (Å²) in [5.74, 6) is 1.71. The molecular formula is C12H12N4O. The molecule has 1 aliphatic heterocycles. The van der Waals surface area contributed by atoms with Gasteiger partial charge in [0.1, 0.15) is 5.84 Å². The van der Waals surface area contributed by atoms with Crippen LogP contribution >= 0.6 is 0 Å². The van der Waals surface area contributed by atoms with Gasteiger partial charge < -0.3 is 9.42 Å². The Morgan fingerprint density at radius 3 is 2.94 bits per heavy atom. The molecule has 0 aliphatic carbocycles. The van der Waals surface area contributed by atoms with Gasteiger partial charge in [-0.15, -0.1) is 0 Å². The van der Waals surface area contributed by atoms with E-state index >= 15 is 0 Å². The van der Waals surface area contributed by atoms with Gasteiger partial charge in [-0.25, -0.2) is 0 Å². The Labute approximate surface area is 98.6 Å². The Kier molecular flexibility index (Phi) is 2.18. The van der Waals surface area contributed by atoms with Crippen molar-refractivity contribution in [3.63, 3.8) is 0 Å². The Balaban J connectivity index is 1.82. The van der Waals surface area contributed by atoms with Crippen molar-refractivity contribution < 1.29 is 4.52 Å². The number of rotatable bonds is 2. The molecule has 5 heteroatoms. The van der Waals surface area contributed by atoms with E-state index in [1.54, 1.807) is 6.92 Å². The monoisotopic (exact) mass is 228 g/mol. The zero-order valence-electron chi connectivity index (χ0n) is 9.47. The standard InChI is InChI=1S/C12H12N4O/c1-8-14-11(15-17-8)7-16-6-9-4-2-3-5-10(9)12(16)13/h2-5,13H,6-7H2,1H3. The molecule has 2 heterocycles. The SMILES string of the molecule is Cc1nc(CN2Cc3ccccc3C2=N)no1. The largest absolute Gasteiger partial charge is 0.345 e. The summed E-state index contributed by atoms with van der Waals surface area (Å²) in [6.07, 6.45) is 0. The van der Waals surface area contributed by atoms with Crippen LogP contribution < -0.4 is 0 Å². The molecule has 0 saturated carbocycles. The molecule has 5 nitrogen and oxygen atoms in total. The van der Waals surface area contributed by atoms with Gasteiger partial charge in [0.2, 0.25) is 5.89 Å². The summed E-state index contributed by atoms with van der Waals surface area (Å²) in [4.78, 5) is 6.09. The second-order valence-corrected chi connectivity index (χ2v) is 4.09. The lowest BCUT2D eigenvalue weighted by Crippen LogP contribution is -2.23. The summed E-state index contributed by atoms with van der Waals surface area (Å²) in [6, 6.07) is 7.97. The van der Waals surface area contributed by atoms with Crippen molar-refractivity contribution in [3.8, 4) is 0 Å². The van der Waals surface area contributed by atoms with Crippen LogP contribution in [-0.4, -0.2) is 20.9 Å². The molecular weight excluding hydrogens is 216 g/mol. The minimum absolute atomic E-state index is 0.519. The second kappa shape index (κ2) is 3.69. The number of hydrogen-bond donors (Lipinski definition) is 1. The first-order valence-corrected chi connectivity index (χ1v) is 5.45. The fraction of sp³-hybridized carbons (Fsp3) is 0.250. The molecule has 0 atom stereocenters. The molecule has 0 unspecified atom stereocenters. The third-order valence-electron chi connectivity index (χ3n) is 2.85. The predicted molar refractivity (Wildman–Crippen MR) is 61.6 cm³/mol. The lowest BCUT2D eigenvalue weighted by Gasteiger charge is -2.14. The van der Waals surface area contributed by atoms with Gasteiger partial charge >= 0.3 is 0 Å². The molecule has 17 heavy (non-hydrogen) atoms. The van der Waals surface area contributed by atoms with Crippen molar-refractivity contribution in [2.45, 2.75) is 20.0 Å². The first-order valence-electron chi connectivity index (χ1n) is 5.45. The fourth-order valence-corrected chi connectivity index (χ4v) is 2.06. The molecule has 0 bridgehead atoms. The Bertz CT molecular complexity index is 575. The normalized spacial score (nSPS) is 14.2. The van der Waals surface area contributed by atoms with Gasteiger partial charge in [0, 0.05) is 19.0 Å². The Morgan fingerprint density at radius 2 is 2.24 bits per heavy atom. The van der Waals surface area contributed by atoms with Gasteiger partial charge in [-0.2, -0.15) is 4.98 Å². The van der Waals surface area contributed by atoms with Crippen LogP contribution in [0.15, 0.2) is 28.8 Å². The highest BCUT2D eigenvalue weighted by molar-refractivity contribution is 6.00. The lowest BCUT2D eigenvalue weighted by molar-refractivity contribution is 0.363. The van der Waals surface area contributed by atoms with Crippen LogP contribution in [0.5, 0.6) is 0 Å². The maximum absolute atomic E-state index is 8.08. The summed E-state index contributed by atoms with van der Waals surface area (Å²) in [7, 11) is 0. The maximum Gasteiger partial charge on any atom is 0.223 e. The van der Waals surface area contributed by atoms with Gasteiger partial charge in [0.05, 0.1) is 6.54 Å². The van der Waals surface area contributed by atoms with E-state index in [4.69, 9.17) is 9.93 Å². The molecule has 86 valence electrons. The molecule has 1 aliphatic rings. The van der Waals surface area contributed by atoms with Crippen molar-refractivity contribution in [1.82, 2.24) is 15.0 Å². The Morgan fingerprint density at radius 1 is 1.41 bits per heavy atom. The Hall–Kier alpha value is -2.17. The van der Waals surface area contributed by atoms with E-state index < -0.39 is 0 Å². The van der Waals surface area contributed by atoms with E-state index in [-0.39, 0.29) is 0 Å². The molecule has 0 fully saturated rings. The van der Waals surface area contributed by atoms with Crippen LogP contribution in [0.1, 0.15) is 22.8 Å². The van der Waals surface area contributed by atoms with Crippen LogP contribution in [0.25, 0.3) is 0 Å². The highest BCUT2D eigenvalue weighted by atomic mass is 16.5. The number of fused-ring (bicyclic) bond motifs is 1. The van der Waals surface area contributed by atoms with Crippen molar-refractivity contribution in [2.24, 2.45) is 0 Å². The van der Waals surface area contributed by atoms with E-state index in [2.05, 4.69) is 10.1 Å². The van der Waals surface area contributed by atoms with E-state index in [0.29, 0.717) is 24.1 Å². The topological polar surface area (TPSA) is 66.0 Å². The lowest BCUT2D eigenvalue weighted by atomic mass is 10.1. The molecule has 1 aromatic carbocycles. The molecule has 2 aromatic rings. The highest BCUT2D eigenvalue weighted by Crippen LogP contribution is 2.23. The molecule has 1 N–H and O–H groups in total. The number of nitrogens with zero attached hydrogens (tertiary/aromatic N) is 3. The number of aryl methyl sites for hydroxylation is 1. The third kappa shape index (κ3) is 1.69. The molecule has 0 saturated heterocycles. The smallest absolute Gasteiger partial charge is 0.223 e. The van der Waals surface area contributed by atoms with E-state index in [0.717, 1.165) is 12.1 Å². The minimum atomic E-state index is 0.519. The van der Waals surface area contributed by atoms with Gasteiger partial charge in [0.25, 0.3) is 0 Å². The van der Waals surface area contributed by atoms with Crippen LogP contribution in [0, 0.1) is 12.3 Å². The number of hydrogen-bond acceptors (Lipinski definition) is 4. The first-order chi connectivity index (χ1) is 8.24. The highest BCUT2D eigenvalue weighted by Gasteiger charge is 2.24. The van der Waals surface area contributed by atoms with Gasteiger partial charge in [-0.3, -0.25) is 5.41 Å². The van der Waals surface area contributed by atoms with Crippen molar-refractivity contribution in [3.05, 3.63) is 47.1 Å². The molecule has 0 radical (unpaired) electrons. The van der Waals surface area contributed by atoms with Gasteiger partial charge in [0.15, 0.2) is 5.82 Å².